The van der Waals surface area contributed by atoms with Crippen LogP contribution >= 0.6 is 0 Å². The third kappa shape index (κ3) is 2.97. The standard InChI is InChI=1S/C14H22O11S5/c1-26(16,17)12-13(27(2,18)19,28(3,20)21)9-7-6-8-10(15)11(9)14(12,29(4,22)23)30(5,24)25/h12H,6-8H2,1-5H3. The minimum atomic E-state index is -5.12. The Bertz CT molecular complexity index is 1330. The molecule has 2 rings (SSSR count). The van der Waals surface area contributed by atoms with Crippen LogP contribution in [0.2, 0.25) is 0 Å². The third-order valence-electron chi connectivity index (χ3n) is 5.50. The number of hydrogen-bond acceptors (Lipinski definition) is 11. The van der Waals surface area contributed by atoms with Crippen LogP contribution in [-0.2, 0) is 54.0 Å². The summed E-state index contributed by atoms with van der Waals surface area (Å²) in [7, 11) is -25.4. The van der Waals surface area contributed by atoms with Crippen LogP contribution in [0.15, 0.2) is 11.1 Å². The third-order valence-corrected chi connectivity index (χ3v) is 17.5. The Morgan fingerprint density at radius 3 is 1.30 bits per heavy atom. The van der Waals surface area contributed by atoms with Crippen molar-refractivity contribution in [3.05, 3.63) is 11.1 Å². The number of carbonyl (C=O) groups excluding carboxylic acids is 1. The van der Waals surface area contributed by atoms with Gasteiger partial charge in [-0.2, -0.15) is 0 Å². The van der Waals surface area contributed by atoms with Gasteiger partial charge in [-0.1, -0.05) is 0 Å². The summed E-state index contributed by atoms with van der Waals surface area (Å²) >= 11 is 0. The van der Waals surface area contributed by atoms with Crippen LogP contribution in [0.3, 0.4) is 0 Å². The van der Waals surface area contributed by atoms with Gasteiger partial charge in [-0.3, -0.25) is 4.79 Å². The zero-order valence-electron chi connectivity index (χ0n) is 16.7. The van der Waals surface area contributed by atoms with Crippen molar-refractivity contribution < 1.29 is 46.9 Å². The van der Waals surface area contributed by atoms with Gasteiger partial charge in [-0.25, -0.2) is 42.1 Å². The number of sulfone groups is 5. The van der Waals surface area contributed by atoms with Gasteiger partial charge in [0.25, 0.3) is 0 Å². The predicted octanol–water partition coefficient (Wildman–Crippen LogP) is -1.97. The number of carbonyl (C=O) groups is 1. The van der Waals surface area contributed by atoms with E-state index in [1.54, 1.807) is 0 Å². The van der Waals surface area contributed by atoms with E-state index in [0.29, 0.717) is 31.3 Å². The average molecular weight is 527 g/mol. The summed E-state index contributed by atoms with van der Waals surface area (Å²) in [5.74, 6) is -1.12. The fraction of sp³-hybridized carbons (Fsp3) is 0.786. The second-order valence-corrected chi connectivity index (χ2v) is 19.2. The summed E-state index contributed by atoms with van der Waals surface area (Å²) in [5.41, 5.74) is -1.87. The maximum absolute atomic E-state index is 13.0. The summed E-state index contributed by atoms with van der Waals surface area (Å²) in [5, 5.41) is -3.01. The van der Waals surface area contributed by atoms with Crippen LogP contribution in [0.4, 0.5) is 0 Å². The Hall–Kier alpha value is -0.840. The second kappa shape index (κ2) is 6.59. The molecule has 0 aromatic rings. The molecule has 0 aromatic heterocycles. The van der Waals surface area contributed by atoms with Crippen molar-refractivity contribution in [2.75, 3.05) is 31.3 Å². The molecule has 0 N–H and O–H groups in total. The highest BCUT2D eigenvalue weighted by Gasteiger charge is 2.81. The molecule has 2 aliphatic rings. The molecular formula is C14H22O11S5. The molecule has 2 aliphatic carbocycles. The molecule has 0 saturated carbocycles. The number of hydrogen-bond donors (Lipinski definition) is 0. The lowest BCUT2D eigenvalue weighted by atomic mass is 9.92. The molecule has 1 unspecified atom stereocenters. The Morgan fingerprint density at radius 2 is 1.00 bits per heavy atom. The molecule has 0 aliphatic heterocycles. The largest absolute Gasteiger partial charge is 0.294 e. The average Bonchev–Trinajstić information content (AvgIpc) is 2.75. The molecule has 0 bridgehead atoms. The van der Waals surface area contributed by atoms with Gasteiger partial charge in [-0.15, -0.1) is 0 Å². The van der Waals surface area contributed by atoms with Crippen molar-refractivity contribution in [2.24, 2.45) is 0 Å². The summed E-state index contributed by atoms with van der Waals surface area (Å²) in [6.45, 7) is 0. The van der Waals surface area contributed by atoms with Gasteiger partial charge in [0.1, 0.15) is 5.25 Å². The van der Waals surface area contributed by atoms with Crippen molar-refractivity contribution in [1.82, 2.24) is 0 Å². The summed E-state index contributed by atoms with van der Waals surface area (Å²) in [4.78, 5) is 12.8. The smallest absolute Gasteiger partial charge is 0.220 e. The first kappa shape index (κ1) is 25.4. The molecule has 0 spiro atoms. The van der Waals surface area contributed by atoms with E-state index in [1.165, 1.54) is 0 Å². The lowest BCUT2D eigenvalue weighted by molar-refractivity contribution is -0.116. The molecule has 174 valence electrons. The molecule has 0 heterocycles. The fourth-order valence-corrected chi connectivity index (χ4v) is 19.9. The van der Waals surface area contributed by atoms with Gasteiger partial charge in [0.05, 0.1) is 0 Å². The van der Waals surface area contributed by atoms with Gasteiger partial charge >= 0.3 is 0 Å². The van der Waals surface area contributed by atoms with Crippen LogP contribution in [-0.4, -0.2) is 92.6 Å². The van der Waals surface area contributed by atoms with Crippen molar-refractivity contribution in [1.29, 1.82) is 0 Å². The van der Waals surface area contributed by atoms with E-state index in [1.807, 2.05) is 0 Å². The van der Waals surface area contributed by atoms with Gasteiger partial charge in [0.15, 0.2) is 55.0 Å². The number of rotatable bonds is 5. The number of ketones is 1. The van der Waals surface area contributed by atoms with Gasteiger partial charge in [0.2, 0.25) is 8.16 Å². The topological polar surface area (TPSA) is 188 Å². The van der Waals surface area contributed by atoms with Crippen LogP contribution in [0, 0.1) is 0 Å². The molecule has 1 atom stereocenters. The normalized spacial score (nSPS) is 25.2. The zero-order chi connectivity index (χ0) is 23.9. The summed E-state index contributed by atoms with van der Waals surface area (Å²) < 4.78 is 123. The van der Waals surface area contributed by atoms with Crippen LogP contribution in [0.1, 0.15) is 19.3 Å². The zero-order valence-corrected chi connectivity index (χ0v) is 20.8. The highest BCUT2D eigenvalue weighted by Crippen LogP contribution is 2.60. The second-order valence-electron chi connectivity index (χ2n) is 7.76. The minimum absolute atomic E-state index is 0.107. The summed E-state index contributed by atoms with van der Waals surface area (Å²) in [6, 6.07) is 0. The Labute approximate surface area is 176 Å². The molecule has 0 amide bonds. The first-order chi connectivity index (χ1) is 13.0. The SMILES string of the molecule is CS(=O)(=O)C1C(S(C)(=O)=O)(S(C)(=O)=O)C2=C(C(=O)CCC2)C1(S(C)(=O)=O)S(C)(=O)=O. The monoisotopic (exact) mass is 526 g/mol. The van der Waals surface area contributed by atoms with E-state index in [0.717, 1.165) is 0 Å². The predicted molar refractivity (Wildman–Crippen MR) is 109 cm³/mol. The molecule has 11 nitrogen and oxygen atoms in total. The first-order valence-corrected chi connectivity index (χ1v) is 17.8. The highest BCUT2D eigenvalue weighted by molar-refractivity contribution is 8.14. The Kier molecular flexibility index (Phi) is 5.58. The lowest BCUT2D eigenvalue weighted by Gasteiger charge is -2.39. The Morgan fingerprint density at radius 1 is 0.633 bits per heavy atom. The van der Waals surface area contributed by atoms with E-state index in [9.17, 15) is 46.9 Å². The van der Waals surface area contributed by atoms with Gasteiger partial charge < -0.3 is 0 Å². The van der Waals surface area contributed by atoms with Crippen molar-refractivity contribution in [2.45, 2.75) is 32.7 Å². The van der Waals surface area contributed by atoms with E-state index < -0.39 is 92.4 Å². The molecule has 30 heavy (non-hydrogen) atoms. The van der Waals surface area contributed by atoms with Crippen LogP contribution in [0.5, 0.6) is 0 Å². The maximum atomic E-state index is 13.0. The molecule has 16 heteroatoms. The van der Waals surface area contributed by atoms with Crippen LogP contribution < -0.4 is 0 Å². The van der Waals surface area contributed by atoms with E-state index >= 15 is 0 Å². The molecular weight excluding hydrogens is 504 g/mol. The van der Waals surface area contributed by atoms with Crippen molar-refractivity contribution in [3.8, 4) is 0 Å². The van der Waals surface area contributed by atoms with Gasteiger partial charge in [-0.05, 0) is 18.4 Å². The summed E-state index contributed by atoms with van der Waals surface area (Å²) in [6.07, 6.45) is 0.846. The van der Waals surface area contributed by atoms with Crippen molar-refractivity contribution >= 4 is 55.0 Å². The van der Waals surface area contributed by atoms with E-state index in [2.05, 4.69) is 0 Å². The first-order valence-electron chi connectivity index (χ1n) is 8.25. The molecule has 0 aromatic carbocycles. The number of Topliss-reactive ketones (excluding diaryl/α,β-unsaturated/α-hetero) is 1. The van der Waals surface area contributed by atoms with Crippen molar-refractivity contribution in [3.63, 3.8) is 0 Å². The minimum Gasteiger partial charge on any atom is -0.294 e. The molecule has 0 saturated heterocycles. The van der Waals surface area contributed by atoms with E-state index in [4.69, 9.17) is 0 Å². The molecule has 0 radical (unpaired) electrons. The van der Waals surface area contributed by atoms with Crippen LogP contribution in [0.25, 0.3) is 0 Å². The highest BCUT2D eigenvalue weighted by atomic mass is 32.3. The molecule has 0 fully saturated rings. The van der Waals surface area contributed by atoms with E-state index in [-0.39, 0.29) is 6.42 Å². The fourth-order valence-electron chi connectivity index (χ4n) is 4.85. The quantitative estimate of drug-likeness (QED) is 0.386. The lowest BCUT2D eigenvalue weighted by Crippen LogP contribution is -2.67. The maximum Gasteiger partial charge on any atom is 0.220 e. The Balaban J connectivity index is 3.57. The van der Waals surface area contributed by atoms with Gasteiger partial charge in [0, 0.05) is 43.3 Å².